The lowest BCUT2D eigenvalue weighted by atomic mass is 10.00. The lowest BCUT2D eigenvalue weighted by Gasteiger charge is -2.38. The molecule has 136 valence electrons. The number of rotatable bonds is 7. The molecule has 0 fully saturated rings. The predicted molar refractivity (Wildman–Crippen MR) is 52.4 cm³/mol. The standard InChI is InChI=1S/C9H8F10N2O2/c1-3(22)2-20-4(23)7(14,8(15,16)17)9(18,19)21(5(10)11)6(12)13/h5-6H,2H2,1H3,(H,20,23). The summed E-state index contributed by atoms with van der Waals surface area (Å²) in [5.74, 6) is -4.37. The van der Waals surface area contributed by atoms with Crippen LogP contribution in [0.5, 0.6) is 0 Å². The third-order valence-corrected chi connectivity index (χ3v) is 2.36. The van der Waals surface area contributed by atoms with Gasteiger partial charge >= 0.3 is 31.0 Å². The van der Waals surface area contributed by atoms with Crippen molar-refractivity contribution in [2.75, 3.05) is 6.54 Å². The van der Waals surface area contributed by atoms with Gasteiger partial charge in [-0.05, 0) is 6.92 Å². The van der Waals surface area contributed by atoms with Crippen LogP contribution in [0.1, 0.15) is 6.92 Å². The maximum atomic E-state index is 13.8. The van der Waals surface area contributed by atoms with Crippen molar-refractivity contribution in [1.82, 2.24) is 10.2 Å². The molecule has 1 N–H and O–H groups in total. The van der Waals surface area contributed by atoms with Crippen molar-refractivity contribution in [3.63, 3.8) is 0 Å². The molecule has 4 nitrogen and oxygen atoms in total. The molecule has 0 saturated carbocycles. The highest BCUT2D eigenvalue weighted by Crippen LogP contribution is 2.49. The minimum Gasteiger partial charge on any atom is -0.346 e. The summed E-state index contributed by atoms with van der Waals surface area (Å²) in [6, 6.07) is -6.67. The Bertz CT molecular complexity index is 444. The number of carbonyl (C=O) groups excluding carboxylic acids is 2. The van der Waals surface area contributed by atoms with Crippen LogP contribution in [0.4, 0.5) is 43.9 Å². The van der Waals surface area contributed by atoms with Crippen molar-refractivity contribution in [1.29, 1.82) is 0 Å². The van der Waals surface area contributed by atoms with E-state index in [0.717, 1.165) is 5.32 Å². The summed E-state index contributed by atoms with van der Waals surface area (Å²) in [4.78, 5) is 18.8. The second-order valence-electron chi connectivity index (χ2n) is 4.04. The van der Waals surface area contributed by atoms with Crippen LogP contribution >= 0.6 is 0 Å². The van der Waals surface area contributed by atoms with Gasteiger partial charge in [0, 0.05) is 0 Å². The number of nitrogens with zero attached hydrogens (tertiary/aromatic N) is 1. The van der Waals surface area contributed by atoms with E-state index in [1.165, 1.54) is 0 Å². The summed E-state index contributed by atoms with van der Waals surface area (Å²) in [6.07, 6.45) is -6.85. The van der Waals surface area contributed by atoms with Crippen molar-refractivity contribution < 1.29 is 53.5 Å². The van der Waals surface area contributed by atoms with E-state index in [4.69, 9.17) is 0 Å². The Balaban J connectivity index is 6.05. The van der Waals surface area contributed by atoms with Crippen molar-refractivity contribution in [3.8, 4) is 0 Å². The van der Waals surface area contributed by atoms with E-state index in [9.17, 15) is 53.5 Å². The fourth-order valence-electron chi connectivity index (χ4n) is 1.27. The summed E-state index contributed by atoms with van der Waals surface area (Å²) in [6.45, 7) is -10.6. The topological polar surface area (TPSA) is 49.4 Å². The quantitative estimate of drug-likeness (QED) is 0.556. The van der Waals surface area contributed by atoms with Crippen LogP contribution < -0.4 is 5.32 Å². The molecule has 0 heterocycles. The van der Waals surface area contributed by atoms with Gasteiger partial charge < -0.3 is 5.32 Å². The monoisotopic (exact) mass is 366 g/mol. The number of carbonyl (C=O) groups is 2. The first-order valence-electron chi connectivity index (χ1n) is 5.36. The largest absolute Gasteiger partial charge is 0.439 e. The summed E-state index contributed by atoms with van der Waals surface area (Å²) in [5.41, 5.74) is -6.46. The highest BCUT2D eigenvalue weighted by Gasteiger charge is 2.80. The van der Waals surface area contributed by atoms with E-state index in [-0.39, 0.29) is 0 Å². The highest BCUT2D eigenvalue weighted by molar-refractivity contribution is 5.91. The summed E-state index contributed by atoms with van der Waals surface area (Å²) < 4.78 is 127. The molecule has 14 heteroatoms. The maximum Gasteiger partial charge on any atom is 0.439 e. The zero-order chi connectivity index (χ0) is 18.8. The Labute approximate surface area is 121 Å². The molecule has 0 spiro atoms. The van der Waals surface area contributed by atoms with E-state index >= 15 is 0 Å². The molecule has 1 unspecified atom stereocenters. The van der Waals surface area contributed by atoms with Gasteiger partial charge in [-0.1, -0.05) is 0 Å². The molecule has 23 heavy (non-hydrogen) atoms. The molecule has 0 rings (SSSR count). The minimum absolute atomic E-state index is 0.663. The zero-order valence-corrected chi connectivity index (χ0v) is 10.9. The van der Waals surface area contributed by atoms with Crippen molar-refractivity contribution in [2.45, 2.75) is 37.9 Å². The first kappa shape index (κ1) is 21.4. The van der Waals surface area contributed by atoms with Crippen molar-refractivity contribution in [2.24, 2.45) is 0 Å². The smallest absolute Gasteiger partial charge is 0.346 e. The summed E-state index contributed by atoms with van der Waals surface area (Å²) >= 11 is 0. The molecule has 0 aromatic heterocycles. The van der Waals surface area contributed by atoms with Crippen LogP contribution in [0, 0.1) is 0 Å². The Morgan fingerprint density at radius 1 is 0.957 bits per heavy atom. The lowest BCUT2D eigenvalue weighted by molar-refractivity contribution is -0.370. The fraction of sp³-hybridized carbons (Fsp3) is 0.778. The van der Waals surface area contributed by atoms with Crippen molar-refractivity contribution >= 4 is 11.7 Å². The van der Waals surface area contributed by atoms with Crippen molar-refractivity contribution in [3.05, 3.63) is 0 Å². The molecule has 0 saturated heterocycles. The van der Waals surface area contributed by atoms with Gasteiger partial charge in [0.15, 0.2) is 0 Å². The second-order valence-corrected chi connectivity index (χ2v) is 4.04. The number of amides is 1. The van der Waals surface area contributed by atoms with Gasteiger partial charge in [-0.3, -0.25) is 9.59 Å². The van der Waals surface area contributed by atoms with E-state index in [0.29, 0.717) is 6.92 Å². The zero-order valence-electron chi connectivity index (χ0n) is 10.9. The number of ketones is 1. The second kappa shape index (κ2) is 6.88. The highest BCUT2D eigenvalue weighted by atomic mass is 19.4. The lowest BCUT2D eigenvalue weighted by Crippen LogP contribution is -2.71. The molecule has 0 aromatic carbocycles. The molecular formula is C9H8F10N2O2. The Kier molecular flexibility index (Phi) is 6.40. The van der Waals surface area contributed by atoms with E-state index in [2.05, 4.69) is 0 Å². The maximum absolute atomic E-state index is 13.8. The van der Waals surface area contributed by atoms with E-state index in [1.54, 1.807) is 0 Å². The average molecular weight is 366 g/mol. The van der Waals surface area contributed by atoms with E-state index < -0.39 is 54.1 Å². The minimum atomic E-state index is -6.85. The molecule has 1 atom stereocenters. The Hall–Kier alpha value is -1.60. The van der Waals surface area contributed by atoms with Crippen LogP contribution in [0.15, 0.2) is 0 Å². The number of nitrogens with one attached hydrogen (secondary N) is 1. The Morgan fingerprint density at radius 2 is 1.35 bits per heavy atom. The third kappa shape index (κ3) is 4.03. The summed E-state index contributed by atoms with van der Waals surface area (Å²) in [5, 5.41) is 0.788. The molecule has 0 radical (unpaired) electrons. The number of hydrogen-bond donors (Lipinski definition) is 1. The molecule has 0 aliphatic carbocycles. The van der Waals surface area contributed by atoms with Gasteiger partial charge in [-0.2, -0.15) is 39.5 Å². The van der Waals surface area contributed by atoms with Gasteiger partial charge in [-0.25, -0.2) is 4.39 Å². The van der Waals surface area contributed by atoms with Gasteiger partial charge in [0.25, 0.3) is 5.91 Å². The summed E-state index contributed by atoms with van der Waals surface area (Å²) in [7, 11) is 0. The van der Waals surface area contributed by atoms with Crippen LogP contribution in [0.3, 0.4) is 0 Å². The van der Waals surface area contributed by atoms with Gasteiger partial charge in [0.1, 0.15) is 5.78 Å². The molecule has 0 aromatic rings. The SMILES string of the molecule is CC(=O)CNC(=O)C(F)(C(F)(F)F)C(F)(F)N(C(F)F)C(F)F. The molecule has 0 aliphatic heterocycles. The number of alkyl halides is 10. The molecule has 1 amide bonds. The number of hydrogen-bond acceptors (Lipinski definition) is 3. The predicted octanol–water partition coefficient (Wildman–Crippen LogP) is 2.30. The third-order valence-electron chi connectivity index (χ3n) is 2.36. The first-order chi connectivity index (χ1) is 10.1. The van der Waals surface area contributed by atoms with Crippen LogP contribution in [0.2, 0.25) is 0 Å². The molecule has 0 bridgehead atoms. The van der Waals surface area contributed by atoms with Crippen LogP contribution in [0.25, 0.3) is 0 Å². The number of Topliss-reactive ketones (excluding diaryl/α,β-unsaturated/α-hetero) is 1. The molecular weight excluding hydrogens is 358 g/mol. The molecule has 0 aliphatic rings. The van der Waals surface area contributed by atoms with Gasteiger partial charge in [0.2, 0.25) is 0 Å². The van der Waals surface area contributed by atoms with Crippen LogP contribution in [-0.4, -0.2) is 54.1 Å². The van der Waals surface area contributed by atoms with E-state index in [1.807, 2.05) is 0 Å². The normalized spacial score (nSPS) is 15.9. The Morgan fingerprint density at radius 3 is 1.61 bits per heavy atom. The van der Waals surface area contributed by atoms with Crippen LogP contribution in [-0.2, 0) is 9.59 Å². The van der Waals surface area contributed by atoms with Gasteiger partial charge in [0.05, 0.1) is 6.54 Å². The number of halogens is 10. The average Bonchev–Trinajstić information content (AvgIpc) is 2.31. The fourth-order valence-corrected chi connectivity index (χ4v) is 1.27. The van der Waals surface area contributed by atoms with Gasteiger partial charge in [-0.15, -0.1) is 4.90 Å². The first-order valence-corrected chi connectivity index (χ1v) is 5.36.